The van der Waals surface area contributed by atoms with Gasteiger partial charge in [0.2, 0.25) is 5.91 Å². The van der Waals surface area contributed by atoms with Crippen LogP contribution in [0.5, 0.6) is 0 Å². The van der Waals surface area contributed by atoms with Crippen LogP contribution in [-0.4, -0.2) is 47.4 Å². The number of carbonyl (C=O) groups is 2. The van der Waals surface area contributed by atoms with Gasteiger partial charge in [-0.3, -0.25) is 9.59 Å². The van der Waals surface area contributed by atoms with E-state index in [1.165, 1.54) is 315 Å². The van der Waals surface area contributed by atoms with Crippen molar-refractivity contribution in [1.82, 2.24) is 5.32 Å². The Morgan fingerprint density at radius 3 is 0.934 bits per heavy atom. The van der Waals surface area contributed by atoms with Gasteiger partial charge in [-0.25, -0.2) is 0 Å². The number of amides is 1. The summed E-state index contributed by atoms with van der Waals surface area (Å²) in [6.07, 6.45) is 82.5. The topological polar surface area (TPSA) is 95.9 Å². The number of rotatable bonds is 65. The number of esters is 1. The van der Waals surface area contributed by atoms with Crippen LogP contribution in [0, 0.1) is 0 Å². The van der Waals surface area contributed by atoms with Crippen molar-refractivity contribution in [2.24, 2.45) is 0 Å². The first-order valence-electron chi connectivity index (χ1n) is 34.6. The number of nitrogens with one attached hydrogen (secondary N) is 1. The van der Waals surface area contributed by atoms with E-state index in [0.29, 0.717) is 19.4 Å². The third-order valence-corrected chi connectivity index (χ3v) is 16.2. The number of ether oxygens (including phenoxy) is 1. The van der Waals surface area contributed by atoms with E-state index in [4.69, 9.17) is 4.74 Å². The predicted molar refractivity (Wildman–Crippen MR) is 333 cm³/mol. The number of hydrogen-bond donors (Lipinski definition) is 3. The summed E-state index contributed by atoms with van der Waals surface area (Å²) in [6.45, 7) is 4.93. The minimum atomic E-state index is -0.842. The van der Waals surface area contributed by atoms with Gasteiger partial charge in [0, 0.05) is 12.8 Å². The molecule has 0 fully saturated rings. The van der Waals surface area contributed by atoms with Crippen molar-refractivity contribution in [2.75, 3.05) is 13.2 Å². The zero-order valence-corrected chi connectivity index (χ0v) is 51.5. The summed E-state index contributed by atoms with van der Waals surface area (Å²) in [4.78, 5) is 24.6. The zero-order chi connectivity index (χ0) is 55.0. The van der Waals surface area contributed by atoms with Gasteiger partial charge in [-0.15, -0.1) is 0 Å². The van der Waals surface area contributed by atoms with Crippen LogP contribution in [0.2, 0.25) is 0 Å². The van der Waals surface area contributed by atoms with Crippen LogP contribution in [-0.2, 0) is 14.3 Å². The van der Waals surface area contributed by atoms with E-state index in [-0.39, 0.29) is 18.5 Å². The Morgan fingerprint density at radius 2 is 0.618 bits per heavy atom. The standard InChI is InChI=1S/C70H135NO5/c1-3-5-7-9-11-13-15-17-19-32-35-38-42-46-50-54-58-62-68(73)67(66-72)71-69(74)63-59-55-51-47-43-39-36-33-30-28-26-24-22-20-21-23-25-27-29-31-34-37-41-45-49-53-57-61-65-76-70(75)64-60-56-52-48-44-40-18-16-14-12-10-8-6-4-2/h16,18,58,62,67-68,72-73H,3-15,17,19-57,59-61,63-66H2,1-2H3,(H,71,74)/b18-16-,62-58+. The van der Waals surface area contributed by atoms with Gasteiger partial charge in [0.15, 0.2) is 0 Å². The molecule has 0 bridgehead atoms. The van der Waals surface area contributed by atoms with Crippen molar-refractivity contribution in [3.8, 4) is 0 Å². The summed E-state index contributed by atoms with van der Waals surface area (Å²) in [7, 11) is 0. The van der Waals surface area contributed by atoms with Crippen molar-refractivity contribution >= 4 is 11.9 Å². The lowest BCUT2D eigenvalue weighted by atomic mass is 10.0. The molecule has 76 heavy (non-hydrogen) atoms. The third kappa shape index (κ3) is 61.6. The molecule has 2 atom stereocenters. The average molecular weight is 1070 g/mol. The molecule has 1 amide bonds. The van der Waals surface area contributed by atoms with Gasteiger partial charge in [0.1, 0.15) is 0 Å². The fourth-order valence-corrected chi connectivity index (χ4v) is 10.9. The van der Waals surface area contributed by atoms with Gasteiger partial charge in [-0.2, -0.15) is 0 Å². The third-order valence-electron chi connectivity index (χ3n) is 16.2. The first-order chi connectivity index (χ1) is 37.5. The molecule has 0 aliphatic heterocycles. The molecule has 0 saturated carbocycles. The maximum Gasteiger partial charge on any atom is 0.305 e. The van der Waals surface area contributed by atoms with Gasteiger partial charge < -0.3 is 20.3 Å². The van der Waals surface area contributed by atoms with E-state index in [1.807, 2.05) is 6.08 Å². The van der Waals surface area contributed by atoms with Crippen LogP contribution >= 0.6 is 0 Å². The summed E-state index contributed by atoms with van der Waals surface area (Å²) in [5, 5.41) is 23.2. The molecular weight excluding hydrogens is 935 g/mol. The zero-order valence-electron chi connectivity index (χ0n) is 51.5. The molecule has 2 unspecified atom stereocenters. The summed E-state index contributed by atoms with van der Waals surface area (Å²) in [6, 6.07) is -0.625. The highest BCUT2D eigenvalue weighted by Crippen LogP contribution is 2.19. The molecule has 6 nitrogen and oxygen atoms in total. The van der Waals surface area contributed by atoms with Crippen LogP contribution in [0.1, 0.15) is 386 Å². The van der Waals surface area contributed by atoms with Crippen molar-refractivity contribution in [3.63, 3.8) is 0 Å². The van der Waals surface area contributed by atoms with Crippen LogP contribution in [0.15, 0.2) is 24.3 Å². The molecular formula is C70H135NO5. The first-order valence-corrected chi connectivity index (χ1v) is 34.6. The Labute approximate surface area is 475 Å². The fraction of sp³-hybridized carbons (Fsp3) is 0.914. The Kier molecular flexibility index (Phi) is 64.4. The Bertz CT molecular complexity index is 1190. The van der Waals surface area contributed by atoms with Crippen molar-refractivity contribution in [2.45, 2.75) is 398 Å². The maximum absolute atomic E-state index is 12.5. The molecule has 0 spiro atoms. The monoisotopic (exact) mass is 1070 g/mol. The Hall–Kier alpha value is -1.66. The normalized spacial score (nSPS) is 12.6. The summed E-state index contributed by atoms with van der Waals surface area (Å²) >= 11 is 0. The van der Waals surface area contributed by atoms with E-state index < -0.39 is 12.1 Å². The van der Waals surface area contributed by atoms with Gasteiger partial charge in [-0.1, -0.05) is 340 Å². The molecule has 0 saturated heterocycles. The molecule has 0 aliphatic carbocycles. The summed E-state index contributed by atoms with van der Waals surface area (Å²) < 4.78 is 5.49. The number of aliphatic hydroxyl groups excluding tert-OH is 2. The fourth-order valence-electron chi connectivity index (χ4n) is 10.9. The van der Waals surface area contributed by atoms with Gasteiger partial charge >= 0.3 is 5.97 Å². The first kappa shape index (κ1) is 74.3. The molecule has 0 aromatic carbocycles. The molecule has 3 N–H and O–H groups in total. The molecule has 0 radical (unpaired) electrons. The quantitative estimate of drug-likeness (QED) is 0.0320. The number of aliphatic hydroxyl groups is 2. The van der Waals surface area contributed by atoms with E-state index in [0.717, 1.165) is 44.9 Å². The highest BCUT2D eigenvalue weighted by atomic mass is 16.5. The number of allylic oxidation sites excluding steroid dienone is 3. The van der Waals surface area contributed by atoms with Gasteiger partial charge in [-0.05, 0) is 57.8 Å². The van der Waals surface area contributed by atoms with E-state index >= 15 is 0 Å². The maximum atomic E-state index is 12.5. The molecule has 0 aromatic heterocycles. The molecule has 0 rings (SSSR count). The largest absolute Gasteiger partial charge is 0.466 e. The smallest absolute Gasteiger partial charge is 0.305 e. The summed E-state index contributed by atoms with van der Waals surface area (Å²) in [5.41, 5.74) is 0. The second-order valence-corrected chi connectivity index (χ2v) is 23.9. The Morgan fingerprint density at radius 1 is 0.355 bits per heavy atom. The van der Waals surface area contributed by atoms with Crippen LogP contribution in [0.25, 0.3) is 0 Å². The van der Waals surface area contributed by atoms with E-state index in [9.17, 15) is 19.8 Å². The minimum absolute atomic E-state index is 0.0104. The van der Waals surface area contributed by atoms with E-state index in [2.05, 4.69) is 31.3 Å². The molecule has 6 heteroatoms. The van der Waals surface area contributed by atoms with Crippen molar-refractivity contribution in [3.05, 3.63) is 24.3 Å². The lowest BCUT2D eigenvalue weighted by Gasteiger charge is -2.20. The number of carbonyl (C=O) groups excluding carboxylic acids is 2. The second-order valence-electron chi connectivity index (χ2n) is 23.9. The molecule has 0 aromatic rings. The second kappa shape index (κ2) is 65.9. The lowest BCUT2D eigenvalue weighted by Crippen LogP contribution is -2.45. The molecule has 0 aliphatic rings. The number of hydrogen-bond acceptors (Lipinski definition) is 5. The van der Waals surface area contributed by atoms with Crippen molar-refractivity contribution in [1.29, 1.82) is 0 Å². The predicted octanol–water partition coefficient (Wildman–Crippen LogP) is 22.1. The van der Waals surface area contributed by atoms with Gasteiger partial charge in [0.25, 0.3) is 0 Å². The number of unbranched alkanes of at least 4 members (excludes halogenated alkanes) is 52. The molecule has 0 heterocycles. The lowest BCUT2D eigenvalue weighted by molar-refractivity contribution is -0.143. The Balaban J connectivity index is 3.36. The van der Waals surface area contributed by atoms with Crippen LogP contribution in [0.3, 0.4) is 0 Å². The minimum Gasteiger partial charge on any atom is -0.466 e. The highest BCUT2D eigenvalue weighted by molar-refractivity contribution is 5.76. The van der Waals surface area contributed by atoms with Gasteiger partial charge in [0.05, 0.1) is 25.4 Å². The van der Waals surface area contributed by atoms with Crippen molar-refractivity contribution < 1.29 is 24.5 Å². The SMILES string of the molecule is CCCCCCC/C=C\CCCCCCCC(=O)OCCCCCCCCCCCCCCCCCCCCCCCCCCCCCCC(=O)NC(CO)C(O)/C=C/CCCCCCCCCCCCCCCCC. The van der Waals surface area contributed by atoms with E-state index in [1.54, 1.807) is 6.08 Å². The highest BCUT2D eigenvalue weighted by Gasteiger charge is 2.18. The van der Waals surface area contributed by atoms with Crippen LogP contribution < -0.4 is 5.32 Å². The summed E-state index contributed by atoms with van der Waals surface area (Å²) in [5.74, 6) is -0.0514. The van der Waals surface area contributed by atoms with Crippen LogP contribution in [0.4, 0.5) is 0 Å². The molecule has 450 valence electrons. The average Bonchev–Trinajstić information content (AvgIpc) is 3.42.